The zero-order chi connectivity index (χ0) is 22.6. The summed E-state index contributed by atoms with van der Waals surface area (Å²) in [6.45, 7) is 2.92. The number of methoxy groups -OCH3 is 1. The van der Waals surface area contributed by atoms with Gasteiger partial charge in [0.2, 0.25) is 10.0 Å². The van der Waals surface area contributed by atoms with Gasteiger partial charge in [-0.05, 0) is 62.1 Å². The fourth-order valence-corrected chi connectivity index (χ4v) is 5.92. The maximum atomic E-state index is 13.0. The Morgan fingerprint density at radius 2 is 1.56 bits per heavy atom. The second-order valence-electron chi connectivity index (χ2n) is 8.19. The van der Waals surface area contributed by atoms with Crippen molar-refractivity contribution in [3.63, 3.8) is 0 Å². The number of carbonyl (C=O) groups is 1. The summed E-state index contributed by atoms with van der Waals surface area (Å²) in [7, 11) is -2.27. The molecule has 0 saturated carbocycles. The first kappa shape index (κ1) is 22.7. The highest BCUT2D eigenvalue weighted by molar-refractivity contribution is 7.89. The van der Waals surface area contributed by atoms with Gasteiger partial charge in [0.15, 0.2) is 0 Å². The van der Waals surface area contributed by atoms with Crippen molar-refractivity contribution in [2.45, 2.75) is 42.7 Å². The number of pyridine rings is 1. The summed E-state index contributed by atoms with van der Waals surface area (Å²) >= 11 is 0. The average Bonchev–Trinajstić information content (AvgIpc) is 2.85. The minimum absolute atomic E-state index is 0.206. The average molecular weight is 460 g/mol. The largest absolute Gasteiger partial charge is 0.490 e. The number of benzene rings is 1. The maximum absolute atomic E-state index is 13.0. The minimum Gasteiger partial charge on any atom is -0.490 e. The summed E-state index contributed by atoms with van der Waals surface area (Å²) in [5, 5.41) is 0. The molecule has 2 aliphatic heterocycles. The molecule has 3 heterocycles. The number of hydrogen-bond acceptors (Lipinski definition) is 7. The maximum Gasteiger partial charge on any atom is 0.337 e. The van der Waals surface area contributed by atoms with Crippen LogP contribution in [0.25, 0.3) is 0 Å². The van der Waals surface area contributed by atoms with Gasteiger partial charge in [0.1, 0.15) is 11.9 Å². The van der Waals surface area contributed by atoms with Crippen molar-refractivity contribution in [2.24, 2.45) is 0 Å². The standard InChI is InChI=1S/C23H29N3O5S/c1-30-23(27)18-2-4-22(5-3-18)32(28,29)26-16-8-19(9-17-26)25-14-10-21(11-15-25)31-20-6-12-24-13-7-20/h2-7,12-13,19,21H,8-11,14-17H2,1H3. The fraction of sp³-hybridized carbons (Fsp3) is 0.478. The van der Waals surface area contributed by atoms with Crippen LogP contribution in [0.5, 0.6) is 5.75 Å². The monoisotopic (exact) mass is 459 g/mol. The highest BCUT2D eigenvalue weighted by atomic mass is 32.2. The molecule has 4 rings (SSSR count). The first-order valence-electron chi connectivity index (χ1n) is 11.0. The molecule has 0 amide bonds. The zero-order valence-electron chi connectivity index (χ0n) is 18.2. The van der Waals surface area contributed by atoms with E-state index in [2.05, 4.69) is 14.6 Å². The Labute approximate surface area is 189 Å². The molecule has 2 aliphatic rings. The van der Waals surface area contributed by atoms with Crippen LogP contribution < -0.4 is 4.74 Å². The van der Waals surface area contributed by atoms with Crippen LogP contribution >= 0.6 is 0 Å². The third-order valence-electron chi connectivity index (χ3n) is 6.28. The van der Waals surface area contributed by atoms with Crippen molar-refractivity contribution in [3.8, 4) is 5.75 Å². The normalized spacial score (nSPS) is 19.5. The Hall–Kier alpha value is -2.49. The molecule has 2 fully saturated rings. The number of sulfonamides is 1. The Morgan fingerprint density at radius 1 is 0.938 bits per heavy atom. The number of aromatic nitrogens is 1. The Bertz CT molecular complexity index is 998. The Morgan fingerprint density at radius 3 is 2.16 bits per heavy atom. The third kappa shape index (κ3) is 5.11. The van der Waals surface area contributed by atoms with Crippen LogP contribution in [0, 0.1) is 0 Å². The van der Waals surface area contributed by atoms with E-state index in [0.29, 0.717) is 24.7 Å². The van der Waals surface area contributed by atoms with Crippen LogP contribution in [0.3, 0.4) is 0 Å². The van der Waals surface area contributed by atoms with Crippen molar-refractivity contribution in [3.05, 3.63) is 54.4 Å². The van der Waals surface area contributed by atoms with Crippen molar-refractivity contribution < 1.29 is 22.7 Å². The molecule has 9 heteroatoms. The molecule has 0 unspecified atom stereocenters. The van der Waals surface area contributed by atoms with Crippen LogP contribution in [-0.4, -0.2) is 74.0 Å². The molecular formula is C23H29N3O5S. The van der Waals surface area contributed by atoms with E-state index < -0.39 is 16.0 Å². The van der Waals surface area contributed by atoms with Crippen LogP contribution in [-0.2, 0) is 14.8 Å². The first-order chi connectivity index (χ1) is 15.5. The van der Waals surface area contributed by atoms with Gasteiger partial charge in [-0.1, -0.05) is 0 Å². The van der Waals surface area contributed by atoms with Gasteiger partial charge in [-0.2, -0.15) is 4.31 Å². The third-order valence-corrected chi connectivity index (χ3v) is 8.19. The molecule has 1 aromatic heterocycles. The topological polar surface area (TPSA) is 89.0 Å². The summed E-state index contributed by atoms with van der Waals surface area (Å²) in [6, 6.07) is 10.1. The lowest BCUT2D eigenvalue weighted by atomic mass is 10.00. The molecule has 0 aliphatic carbocycles. The van der Waals surface area contributed by atoms with Gasteiger partial charge < -0.3 is 14.4 Å². The molecule has 0 atom stereocenters. The van der Waals surface area contributed by atoms with E-state index in [1.54, 1.807) is 16.7 Å². The highest BCUT2D eigenvalue weighted by Gasteiger charge is 2.33. The summed E-state index contributed by atoms with van der Waals surface area (Å²) in [4.78, 5) is 18.3. The summed E-state index contributed by atoms with van der Waals surface area (Å²) in [5.41, 5.74) is 0.335. The van der Waals surface area contributed by atoms with E-state index in [0.717, 1.165) is 44.5 Å². The molecule has 0 radical (unpaired) electrons. The van der Waals surface area contributed by atoms with Gasteiger partial charge in [0.05, 0.1) is 17.6 Å². The Kier molecular flexibility index (Phi) is 7.07. The number of nitrogens with zero attached hydrogens (tertiary/aromatic N) is 3. The summed E-state index contributed by atoms with van der Waals surface area (Å²) in [5.74, 6) is 0.376. The first-order valence-corrected chi connectivity index (χ1v) is 12.4. The predicted molar refractivity (Wildman–Crippen MR) is 119 cm³/mol. The van der Waals surface area contributed by atoms with E-state index in [1.807, 2.05) is 12.1 Å². The minimum atomic E-state index is -3.57. The second-order valence-corrected chi connectivity index (χ2v) is 10.1. The number of rotatable bonds is 6. The van der Waals surface area contributed by atoms with Gasteiger partial charge in [0.25, 0.3) is 0 Å². The quantitative estimate of drug-likeness (QED) is 0.614. The summed E-state index contributed by atoms with van der Waals surface area (Å²) < 4.78 is 38.3. The molecular weight excluding hydrogens is 430 g/mol. The predicted octanol–water partition coefficient (Wildman–Crippen LogP) is 2.56. The smallest absolute Gasteiger partial charge is 0.337 e. The number of ether oxygens (including phenoxy) is 2. The van der Waals surface area contributed by atoms with E-state index >= 15 is 0 Å². The number of esters is 1. The zero-order valence-corrected chi connectivity index (χ0v) is 19.0. The molecule has 2 saturated heterocycles. The van der Waals surface area contributed by atoms with Gasteiger partial charge in [-0.3, -0.25) is 4.98 Å². The van der Waals surface area contributed by atoms with Gasteiger partial charge in [-0.15, -0.1) is 0 Å². The molecule has 1 aromatic carbocycles. The van der Waals surface area contributed by atoms with Crippen LogP contribution in [0.15, 0.2) is 53.7 Å². The molecule has 2 aromatic rings. The lowest BCUT2D eigenvalue weighted by Crippen LogP contribution is -2.50. The SMILES string of the molecule is COC(=O)c1ccc(S(=O)(=O)N2CCC(N3CCC(Oc4ccncc4)CC3)CC2)cc1. The van der Waals surface area contributed by atoms with Crippen molar-refractivity contribution in [1.82, 2.24) is 14.2 Å². The molecule has 0 N–H and O–H groups in total. The molecule has 172 valence electrons. The summed E-state index contributed by atoms with van der Waals surface area (Å²) in [6.07, 6.45) is 7.24. The van der Waals surface area contributed by atoms with Gasteiger partial charge >= 0.3 is 5.97 Å². The second kappa shape index (κ2) is 9.97. The number of piperidine rings is 2. The molecule has 32 heavy (non-hydrogen) atoms. The van der Waals surface area contributed by atoms with Gasteiger partial charge in [-0.25, -0.2) is 13.2 Å². The van der Waals surface area contributed by atoms with Crippen LogP contribution in [0.4, 0.5) is 0 Å². The highest BCUT2D eigenvalue weighted by Crippen LogP contribution is 2.26. The van der Waals surface area contributed by atoms with Gasteiger partial charge in [0, 0.05) is 44.6 Å². The Balaban J connectivity index is 1.28. The molecule has 8 nitrogen and oxygen atoms in total. The van der Waals surface area contributed by atoms with Crippen LogP contribution in [0.2, 0.25) is 0 Å². The van der Waals surface area contributed by atoms with Crippen molar-refractivity contribution in [1.29, 1.82) is 0 Å². The molecule has 0 bridgehead atoms. The van der Waals surface area contributed by atoms with E-state index in [-0.39, 0.29) is 11.0 Å². The lowest BCUT2D eigenvalue weighted by molar-refractivity contribution is 0.0583. The number of likely N-dealkylation sites (tertiary alicyclic amines) is 1. The molecule has 0 spiro atoms. The lowest BCUT2D eigenvalue weighted by Gasteiger charge is -2.41. The van der Waals surface area contributed by atoms with E-state index in [4.69, 9.17) is 4.74 Å². The van der Waals surface area contributed by atoms with Crippen molar-refractivity contribution >= 4 is 16.0 Å². The van der Waals surface area contributed by atoms with Crippen molar-refractivity contribution in [2.75, 3.05) is 33.3 Å². The van der Waals surface area contributed by atoms with E-state index in [1.165, 1.54) is 31.4 Å². The van der Waals surface area contributed by atoms with E-state index in [9.17, 15) is 13.2 Å². The number of hydrogen-bond donors (Lipinski definition) is 0. The fourth-order valence-electron chi connectivity index (χ4n) is 4.45. The van der Waals surface area contributed by atoms with Crippen LogP contribution in [0.1, 0.15) is 36.0 Å². The number of carbonyl (C=O) groups excluding carboxylic acids is 1.